The molecule has 0 aliphatic rings. The zero-order chi connectivity index (χ0) is 20.6. The van der Waals surface area contributed by atoms with Crippen LogP contribution in [0.4, 0.5) is 5.69 Å². The quantitative estimate of drug-likeness (QED) is 0.541. The van der Waals surface area contributed by atoms with Gasteiger partial charge in [0.25, 0.3) is 11.8 Å². The number of amides is 2. The molecule has 3 N–H and O–H groups in total. The van der Waals surface area contributed by atoms with Crippen molar-refractivity contribution in [3.05, 3.63) is 83.8 Å². The van der Waals surface area contributed by atoms with Gasteiger partial charge in [-0.05, 0) is 72.9 Å². The molecule has 8 heteroatoms. The lowest BCUT2D eigenvalue weighted by molar-refractivity contribution is 0.0946. The van der Waals surface area contributed by atoms with Gasteiger partial charge in [-0.15, -0.1) is 0 Å². The molecule has 0 bridgehead atoms. The van der Waals surface area contributed by atoms with Crippen LogP contribution in [-0.4, -0.2) is 24.0 Å². The molecule has 2 amide bonds. The van der Waals surface area contributed by atoms with Crippen molar-refractivity contribution in [2.45, 2.75) is 6.54 Å². The van der Waals surface area contributed by atoms with Crippen LogP contribution in [0.2, 0.25) is 0 Å². The van der Waals surface area contributed by atoms with Crippen LogP contribution in [-0.2, 0) is 6.54 Å². The Balaban J connectivity index is 1.51. The highest BCUT2D eigenvalue weighted by Crippen LogP contribution is 2.12. The molecule has 1 heterocycles. The summed E-state index contributed by atoms with van der Waals surface area (Å²) >= 11 is 5.18. The standard InChI is InChI=1S/C21H19N3O4S/c1-27-17-10-6-15(7-11-17)20(26)24-21(29)23-16-8-4-14(5-9-16)19(25)22-13-18-3-2-12-28-18/h2-12H,13H2,1H3,(H,22,25)(H2,23,24,26,29). The Labute approximate surface area is 173 Å². The Kier molecular flexibility index (Phi) is 6.59. The number of hydrogen-bond donors (Lipinski definition) is 3. The van der Waals surface area contributed by atoms with E-state index in [1.54, 1.807) is 74.0 Å². The predicted octanol–water partition coefficient (Wildman–Crippen LogP) is 3.35. The normalized spacial score (nSPS) is 10.1. The van der Waals surface area contributed by atoms with E-state index in [1.165, 1.54) is 0 Å². The second kappa shape index (κ2) is 9.52. The van der Waals surface area contributed by atoms with Gasteiger partial charge in [-0.1, -0.05) is 0 Å². The van der Waals surface area contributed by atoms with Crippen LogP contribution in [0.5, 0.6) is 5.75 Å². The van der Waals surface area contributed by atoms with Crippen molar-refractivity contribution in [1.82, 2.24) is 10.6 Å². The monoisotopic (exact) mass is 409 g/mol. The van der Waals surface area contributed by atoms with E-state index in [-0.39, 0.29) is 16.9 Å². The molecule has 0 unspecified atom stereocenters. The van der Waals surface area contributed by atoms with E-state index in [2.05, 4.69) is 16.0 Å². The molecule has 3 aromatic rings. The molecule has 0 aliphatic carbocycles. The molecular formula is C21H19N3O4S. The molecule has 3 rings (SSSR count). The second-order valence-electron chi connectivity index (χ2n) is 5.98. The number of rotatable bonds is 6. The number of carbonyl (C=O) groups is 2. The highest BCUT2D eigenvalue weighted by atomic mass is 32.1. The first-order valence-electron chi connectivity index (χ1n) is 8.72. The van der Waals surface area contributed by atoms with Crippen molar-refractivity contribution < 1.29 is 18.7 Å². The van der Waals surface area contributed by atoms with E-state index in [4.69, 9.17) is 21.4 Å². The lowest BCUT2D eigenvalue weighted by atomic mass is 10.2. The van der Waals surface area contributed by atoms with Crippen molar-refractivity contribution in [2.75, 3.05) is 12.4 Å². The molecule has 148 valence electrons. The fourth-order valence-electron chi connectivity index (χ4n) is 2.47. The fourth-order valence-corrected chi connectivity index (χ4v) is 2.68. The minimum absolute atomic E-state index is 0.154. The summed E-state index contributed by atoms with van der Waals surface area (Å²) in [5.41, 5.74) is 1.60. The van der Waals surface area contributed by atoms with Crippen molar-refractivity contribution >= 4 is 34.8 Å². The lowest BCUT2D eigenvalue weighted by Crippen LogP contribution is -2.34. The topological polar surface area (TPSA) is 92.6 Å². The van der Waals surface area contributed by atoms with Crippen LogP contribution in [0.1, 0.15) is 26.5 Å². The van der Waals surface area contributed by atoms with Gasteiger partial charge < -0.3 is 19.8 Å². The summed E-state index contributed by atoms with van der Waals surface area (Å²) in [7, 11) is 1.56. The number of nitrogens with one attached hydrogen (secondary N) is 3. The summed E-state index contributed by atoms with van der Waals surface area (Å²) in [4.78, 5) is 24.4. The molecule has 0 fully saturated rings. The first-order chi connectivity index (χ1) is 14.0. The maximum Gasteiger partial charge on any atom is 0.257 e. The first kappa shape index (κ1) is 20.1. The molecule has 0 atom stereocenters. The highest BCUT2D eigenvalue weighted by molar-refractivity contribution is 7.80. The number of carbonyl (C=O) groups excluding carboxylic acids is 2. The third-order valence-corrected chi connectivity index (χ3v) is 4.19. The number of furan rings is 1. The third kappa shape index (κ3) is 5.66. The van der Waals surface area contributed by atoms with E-state index in [0.29, 0.717) is 34.9 Å². The van der Waals surface area contributed by atoms with Crippen LogP contribution in [0.15, 0.2) is 71.3 Å². The van der Waals surface area contributed by atoms with Crippen LogP contribution in [0, 0.1) is 0 Å². The van der Waals surface area contributed by atoms with Gasteiger partial charge in [-0.25, -0.2) is 0 Å². The van der Waals surface area contributed by atoms with E-state index in [1.807, 2.05) is 0 Å². The predicted molar refractivity (Wildman–Crippen MR) is 113 cm³/mol. The van der Waals surface area contributed by atoms with Gasteiger partial charge in [0, 0.05) is 16.8 Å². The van der Waals surface area contributed by atoms with Gasteiger partial charge >= 0.3 is 0 Å². The summed E-state index contributed by atoms with van der Waals surface area (Å²) in [6.45, 7) is 0.313. The first-order valence-corrected chi connectivity index (χ1v) is 9.13. The van der Waals surface area contributed by atoms with E-state index < -0.39 is 0 Å². The molecule has 0 aliphatic heterocycles. The molecule has 0 radical (unpaired) electrons. The fraction of sp³-hybridized carbons (Fsp3) is 0.0952. The number of hydrogen-bond acceptors (Lipinski definition) is 5. The Morgan fingerprint density at radius 1 is 0.966 bits per heavy atom. The summed E-state index contributed by atoms with van der Waals surface area (Å²) in [5, 5.41) is 8.44. The summed E-state index contributed by atoms with van der Waals surface area (Å²) in [6.07, 6.45) is 1.55. The Morgan fingerprint density at radius 3 is 2.24 bits per heavy atom. The number of benzene rings is 2. The van der Waals surface area contributed by atoms with Crippen molar-refractivity contribution in [1.29, 1.82) is 0 Å². The molecule has 7 nitrogen and oxygen atoms in total. The van der Waals surface area contributed by atoms with Gasteiger partial charge in [0.1, 0.15) is 11.5 Å². The lowest BCUT2D eigenvalue weighted by Gasteiger charge is -2.10. The van der Waals surface area contributed by atoms with Crippen LogP contribution in [0.25, 0.3) is 0 Å². The maximum atomic E-state index is 12.2. The zero-order valence-corrected chi connectivity index (χ0v) is 16.4. The largest absolute Gasteiger partial charge is 0.497 e. The number of ether oxygens (including phenoxy) is 1. The number of anilines is 1. The van der Waals surface area contributed by atoms with E-state index in [0.717, 1.165) is 0 Å². The van der Waals surface area contributed by atoms with Gasteiger partial charge in [0.15, 0.2) is 5.11 Å². The van der Waals surface area contributed by atoms with Crippen molar-refractivity contribution in [3.63, 3.8) is 0 Å². The minimum Gasteiger partial charge on any atom is -0.497 e. The maximum absolute atomic E-state index is 12.2. The van der Waals surface area contributed by atoms with Gasteiger partial charge in [0.05, 0.1) is 19.9 Å². The molecule has 2 aromatic carbocycles. The molecular weight excluding hydrogens is 390 g/mol. The minimum atomic E-state index is -0.334. The zero-order valence-electron chi connectivity index (χ0n) is 15.6. The van der Waals surface area contributed by atoms with Gasteiger partial charge in [-0.3, -0.25) is 14.9 Å². The SMILES string of the molecule is COc1ccc(C(=O)NC(=S)Nc2ccc(C(=O)NCc3ccco3)cc2)cc1. The molecule has 0 saturated carbocycles. The van der Waals surface area contributed by atoms with Crippen LogP contribution < -0.4 is 20.7 Å². The van der Waals surface area contributed by atoms with E-state index in [9.17, 15) is 9.59 Å². The molecule has 0 saturated heterocycles. The van der Waals surface area contributed by atoms with Gasteiger partial charge in [0.2, 0.25) is 0 Å². The average Bonchev–Trinajstić information content (AvgIpc) is 3.26. The summed E-state index contributed by atoms with van der Waals surface area (Å²) in [5.74, 6) is 0.785. The summed E-state index contributed by atoms with van der Waals surface area (Å²) in [6, 6.07) is 17.0. The Morgan fingerprint density at radius 2 is 1.62 bits per heavy atom. The Hall–Kier alpha value is -3.65. The molecule has 29 heavy (non-hydrogen) atoms. The second-order valence-corrected chi connectivity index (χ2v) is 6.38. The highest BCUT2D eigenvalue weighted by Gasteiger charge is 2.09. The Bertz CT molecular complexity index is 984. The van der Waals surface area contributed by atoms with Crippen molar-refractivity contribution in [2.24, 2.45) is 0 Å². The van der Waals surface area contributed by atoms with Crippen LogP contribution in [0.3, 0.4) is 0 Å². The van der Waals surface area contributed by atoms with Gasteiger partial charge in [-0.2, -0.15) is 0 Å². The smallest absolute Gasteiger partial charge is 0.257 e. The molecule has 0 spiro atoms. The van der Waals surface area contributed by atoms with E-state index >= 15 is 0 Å². The number of thiocarbonyl (C=S) groups is 1. The average molecular weight is 409 g/mol. The third-order valence-electron chi connectivity index (χ3n) is 3.99. The number of methoxy groups -OCH3 is 1. The summed E-state index contributed by atoms with van der Waals surface area (Å²) < 4.78 is 10.2. The molecule has 1 aromatic heterocycles. The van der Waals surface area contributed by atoms with Crippen LogP contribution >= 0.6 is 12.2 Å². The van der Waals surface area contributed by atoms with Crippen molar-refractivity contribution in [3.8, 4) is 5.75 Å².